The van der Waals surface area contributed by atoms with Gasteiger partial charge in [-0.2, -0.15) is 0 Å². The molecule has 0 saturated carbocycles. The maximum absolute atomic E-state index is 12.7. The molecule has 0 fully saturated rings. The second kappa shape index (κ2) is 7.48. The van der Waals surface area contributed by atoms with Crippen molar-refractivity contribution in [1.29, 1.82) is 0 Å². The predicted molar refractivity (Wildman–Crippen MR) is 67.6 cm³/mol. The Kier molecular flexibility index (Phi) is 5.95. The summed E-state index contributed by atoms with van der Waals surface area (Å²) in [5, 5.41) is 11.3. The number of aliphatic hydroxyl groups is 1. The van der Waals surface area contributed by atoms with E-state index in [9.17, 15) is 14.0 Å². The lowest BCUT2D eigenvalue weighted by Gasteiger charge is -2.19. The molecule has 1 rings (SSSR count). The third-order valence-electron chi connectivity index (χ3n) is 2.61. The van der Waals surface area contributed by atoms with Gasteiger partial charge in [0, 0.05) is 13.1 Å². The Morgan fingerprint density at radius 1 is 1.32 bits per heavy atom. The molecule has 2 N–H and O–H groups in total. The zero-order valence-corrected chi connectivity index (χ0v) is 10.7. The maximum atomic E-state index is 12.7. The summed E-state index contributed by atoms with van der Waals surface area (Å²) in [6.07, 6.45) is 0. The van der Waals surface area contributed by atoms with Gasteiger partial charge in [-0.05, 0) is 24.6 Å². The predicted octanol–water partition coefficient (Wildman–Crippen LogP) is 0.283. The Labute approximate surface area is 111 Å². The van der Waals surface area contributed by atoms with Crippen molar-refractivity contribution < 1.29 is 19.1 Å². The number of benzene rings is 1. The normalized spacial score (nSPS) is 10.1. The van der Waals surface area contributed by atoms with E-state index in [2.05, 4.69) is 5.32 Å². The minimum atomic E-state index is -0.612. The molecular weight excluding hydrogens is 251 g/mol. The highest BCUT2D eigenvalue weighted by Gasteiger charge is 2.13. The molecular formula is C13H17FN2O3. The number of hydrogen-bond acceptors (Lipinski definition) is 3. The van der Waals surface area contributed by atoms with Crippen LogP contribution in [0.1, 0.15) is 12.5 Å². The van der Waals surface area contributed by atoms with Crippen molar-refractivity contribution in [1.82, 2.24) is 10.2 Å². The zero-order chi connectivity index (χ0) is 14.3. The Morgan fingerprint density at radius 3 is 2.47 bits per heavy atom. The Bertz CT molecular complexity index is 434. The van der Waals surface area contributed by atoms with Gasteiger partial charge >= 0.3 is 0 Å². The summed E-state index contributed by atoms with van der Waals surface area (Å²) in [4.78, 5) is 24.1. The number of rotatable bonds is 6. The van der Waals surface area contributed by atoms with Crippen LogP contribution in [0.3, 0.4) is 0 Å². The molecule has 19 heavy (non-hydrogen) atoms. The van der Waals surface area contributed by atoms with E-state index in [4.69, 9.17) is 5.11 Å². The van der Waals surface area contributed by atoms with Crippen LogP contribution in [0.15, 0.2) is 24.3 Å². The summed E-state index contributed by atoms with van der Waals surface area (Å²) in [6.45, 7) is 1.63. The van der Waals surface area contributed by atoms with Crippen molar-refractivity contribution in [3.8, 4) is 0 Å². The van der Waals surface area contributed by atoms with Crippen LogP contribution in [0.4, 0.5) is 4.39 Å². The molecule has 5 nitrogen and oxygen atoms in total. The summed E-state index contributed by atoms with van der Waals surface area (Å²) in [6, 6.07) is 5.78. The minimum Gasteiger partial charge on any atom is -0.387 e. The highest BCUT2D eigenvalue weighted by Crippen LogP contribution is 2.02. The highest BCUT2D eigenvalue weighted by molar-refractivity contribution is 5.85. The van der Waals surface area contributed by atoms with Crippen molar-refractivity contribution in [3.05, 3.63) is 35.6 Å². The number of aliphatic hydroxyl groups excluding tert-OH is 1. The fraction of sp³-hybridized carbons (Fsp3) is 0.385. The molecule has 0 aliphatic rings. The lowest BCUT2D eigenvalue weighted by atomic mass is 10.2. The summed E-state index contributed by atoms with van der Waals surface area (Å²) >= 11 is 0. The Hall–Kier alpha value is -1.95. The van der Waals surface area contributed by atoms with E-state index in [1.807, 2.05) is 0 Å². The fourth-order valence-electron chi connectivity index (χ4n) is 1.51. The second-order valence-electron chi connectivity index (χ2n) is 3.97. The number of amides is 2. The van der Waals surface area contributed by atoms with Gasteiger partial charge in [-0.1, -0.05) is 12.1 Å². The SMILES string of the molecule is CCN(CC(=O)NCc1ccc(F)cc1)C(=O)CO. The molecule has 1 aromatic rings. The molecule has 1 aromatic carbocycles. The standard InChI is InChI=1S/C13H17FN2O3/c1-2-16(13(19)9-17)8-12(18)15-7-10-3-5-11(14)6-4-10/h3-6,17H,2,7-9H2,1H3,(H,15,18). The number of nitrogens with zero attached hydrogens (tertiary/aromatic N) is 1. The smallest absolute Gasteiger partial charge is 0.248 e. The largest absolute Gasteiger partial charge is 0.387 e. The van der Waals surface area contributed by atoms with Crippen LogP contribution in [-0.4, -0.2) is 41.5 Å². The lowest BCUT2D eigenvalue weighted by Crippen LogP contribution is -2.41. The van der Waals surface area contributed by atoms with Crippen molar-refractivity contribution in [2.24, 2.45) is 0 Å². The summed E-state index contributed by atoms with van der Waals surface area (Å²) in [5.74, 6) is -1.15. The van der Waals surface area contributed by atoms with Crippen LogP contribution in [0.5, 0.6) is 0 Å². The third-order valence-corrected chi connectivity index (χ3v) is 2.61. The van der Waals surface area contributed by atoms with Crippen LogP contribution in [0.2, 0.25) is 0 Å². The van der Waals surface area contributed by atoms with Gasteiger partial charge in [0.2, 0.25) is 11.8 Å². The van der Waals surface area contributed by atoms with E-state index in [0.29, 0.717) is 6.54 Å². The number of nitrogens with one attached hydrogen (secondary N) is 1. The monoisotopic (exact) mass is 268 g/mol. The van der Waals surface area contributed by atoms with Gasteiger partial charge in [-0.15, -0.1) is 0 Å². The van der Waals surface area contributed by atoms with Crippen molar-refractivity contribution in [2.45, 2.75) is 13.5 Å². The molecule has 0 spiro atoms. The average molecular weight is 268 g/mol. The maximum Gasteiger partial charge on any atom is 0.248 e. The van der Waals surface area contributed by atoms with E-state index in [1.165, 1.54) is 17.0 Å². The van der Waals surface area contributed by atoms with Gasteiger partial charge in [0.1, 0.15) is 12.4 Å². The van der Waals surface area contributed by atoms with Gasteiger partial charge in [-0.25, -0.2) is 4.39 Å². The van der Waals surface area contributed by atoms with Crippen LogP contribution < -0.4 is 5.32 Å². The first kappa shape index (κ1) is 15.1. The number of likely N-dealkylation sites (N-methyl/N-ethyl adjacent to an activating group) is 1. The van der Waals surface area contributed by atoms with E-state index in [0.717, 1.165) is 5.56 Å². The zero-order valence-electron chi connectivity index (χ0n) is 10.7. The topological polar surface area (TPSA) is 69.6 Å². The van der Waals surface area contributed by atoms with Crippen LogP contribution in [-0.2, 0) is 16.1 Å². The Balaban J connectivity index is 2.42. The highest BCUT2D eigenvalue weighted by atomic mass is 19.1. The molecule has 0 aliphatic heterocycles. The fourth-order valence-corrected chi connectivity index (χ4v) is 1.51. The number of carbonyl (C=O) groups is 2. The summed E-state index contributed by atoms with van der Waals surface area (Å²) in [5.41, 5.74) is 0.770. The van der Waals surface area contributed by atoms with E-state index in [1.54, 1.807) is 19.1 Å². The van der Waals surface area contributed by atoms with Crippen LogP contribution in [0, 0.1) is 5.82 Å². The molecule has 0 unspecified atom stereocenters. The molecule has 0 saturated heterocycles. The molecule has 0 radical (unpaired) electrons. The summed E-state index contributed by atoms with van der Waals surface area (Å²) < 4.78 is 12.7. The van der Waals surface area contributed by atoms with E-state index in [-0.39, 0.29) is 24.8 Å². The first-order valence-electron chi connectivity index (χ1n) is 5.96. The van der Waals surface area contributed by atoms with E-state index >= 15 is 0 Å². The van der Waals surface area contributed by atoms with Gasteiger partial charge in [-0.3, -0.25) is 9.59 Å². The van der Waals surface area contributed by atoms with Gasteiger partial charge in [0.25, 0.3) is 0 Å². The molecule has 0 aromatic heterocycles. The lowest BCUT2D eigenvalue weighted by molar-refractivity contribution is -0.138. The van der Waals surface area contributed by atoms with Gasteiger partial charge in [0.05, 0.1) is 6.54 Å². The average Bonchev–Trinajstić information content (AvgIpc) is 2.43. The van der Waals surface area contributed by atoms with Crippen molar-refractivity contribution >= 4 is 11.8 Å². The first-order valence-corrected chi connectivity index (χ1v) is 5.96. The van der Waals surface area contributed by atoms with Crippen LogP contribution in [0.25, 0.3) is 0 Å². The molecule has 0 bridgehead atoms. The molecule has 0 atom stereocenters. The number of halogens is 1. The van der Waals surface area contributed by atoms with Crippen molar-refractivity contribution in [2.75, 3.05) is 19.7 Å². The minimum absolute atomic E-state index is 0.100. The van der Waals surface area contributed by atoms with Crippen LogP contribution >= 0.6 is 0 Å². The molecule has 0 heterocycles. The molecule has 6 heteroatoms. The second-order valence-corrected chi connectivity index (χ2v) is 3.97. The summed E-state index contributed by atoms with van der Waals surface area (Å²) in [7, 11) is 0. The molecule has 0 aliphatic carbocycles. The number of hydrogen-bond donors (Lipinski definition) is 2. The molecule has 104 valence electrons. The quantitative estimate of drug-likeness (QED) is 0.778. The van der Waals surface area contributed by atoms with Gasteiger partial charge in [0.15, 0.2) is 0 Å². The van der Waals surface area contributed by atoms with Gasteiger partial charge < -0.3 is 15.3 Å². The third kappa shape index (κ3) is 5.05. The number of carbonyl (C=O) groups excluding carboxylic acids is 2. The molecule has 2 amide bonds. The van der Waals surface area contributed by atoms with E-state index < -0.39 is 12.5 Å². The first-order chi connectivity index (χ1) is 9.06. The Morgan fingerprint density at radius 2 is 1.95 bits per heavy atom. The van der Waals surface area contributed by atoms with Crippen molar-refractivity contribution in [3.63, 3.8) is 0 Å².